The molecule has 0 aromatic heterocycles. The molecule has 0 radical (unpaired) electrons. The minimum atomic E-state index is -1.11. The quantitative estimate of drug-likeness (QED) is 0.556. The number of carboxylic acids is 2. The number of aliphatic carboxylic acids is 2. The van der Waals surface area contributed by atoms with Crippen LogP contribution in [0.3, 0.4) is 0 Å². The van der Waals surface area contributed by atoms with Crippen LogP contribution in [0.15, 0.2) is 0 Å². The molecular formula is C8H13NO5. The van der Waals surface area contributed by atoms with Crippen molar-refractivity contribution in [3.63, 3.8) is 0 Å². The van der Waals surface area contributed by atoms with Gasteiger partial charge >= 0.3 is 11.9 Å². The molecule has 6 heteroatoms. The number of carboxylic acid groups (broad SMARTS) is 2. The monoisotopic (exact) mass is 203 g/mol. The van der Waals surface area contributed by atoms with E-state index in [1.165, 1.54) is 0 Å². The molecular weight excluding hydrogens is 190 g/mol. The zero-order chi connectivity index (χ0) is 11.1. The van der Waals surface area contributed by atoms with Gasteiger partial charge in [0.1, 0.15) is 6.04 Å². The van der Waals surface area contributed by atoms with E-state index in [9.17, 15) is 14.4 Å². The smallest absolute Gasteiger partial charge is 0.326 e. The zero-order valence-corrected chi connectivity index (χ0v) is 7.82. The third-order valence-electron chi connectivity index (χ3n) is 1.61. The summed E-state index contributed by atoms with van der Waals surface area (Å²) in [5, 5.41) is 19.1. The first-order chi connectivity index (χ1) is 6.47. The molecule has 0 aliphatic heterocycles. The van der Waals surface area contributed by atoms with Gasteiger partial charge in [-0.05, 0) is 6.42 Å². The van der Waals surface area contributed by atoms with Gasteiger partial charge in [-0.3, -0.25) is 9.59 Å². The molecule has 0 rings (SSSR count). The van der Waals surface area contributed by atoms with Gasteiger partial charge in [-0.25, -0.2) is 4.79 Å². The summed E-state index contributed by atoms with van der Waals surface area (Å²) < 4.78 is 0. The van der Waals surface area contributed by atoms with Gasteiger partial charge in [0, 0.05) is 6.42 Å². The highest BCUT2D eigenvalue weighted by molar-refractivity contribution is 5.85. The van der Waals surface area contributed by atoms with Crippen molar-refractivity contribution in [1.29, 1.82) is 0 Å². The van der Waals surface area contributed by atoms with Crippen LogP contribution in [-0.4, -0.2) is 34.1 Å². The minimum absolute atomic E-state index is 0.195. The van der Waals surface area contributed by atoms with Crippen molar-refractivity contribution in [1.82, 2.24) is 5.32 Å². The van der Waals surface area contributed by atoms with Crippen LogP contribution < -0.4 is 5.32 Å². The van der Waals surface area contributed by atoms with Crippen molar-refractivity contribution in [3.8, 4) is 0 Å². The lowest BCUT2D eigenvalue weighted by atomic mass is 10.2. The van der Waals surface area contributed by atoms with E-state index in [4.69, 9.17) is 10.2 Å². The van der Waals surface area contributed by atoms with E-state index in [0.29, 0.717) is 0 Å². The van der Waals surface area contributed by atoms with Crippen molar-refractivity contribution in [3.05, 3.63) is 0 Å². The number of carbonyl (C=O) groups is 3. The van der Waals surface area contributed by atoms with Crippen molar-refractivity contribution in [2.45, 2.75) is 32.2 Å². The molecule has 6 nitrogen and oxygen atoms in total. The lowest BCUT2D eigenvalue weighted by Gasteiger charge is -2.11. The Morgan fingerprint density at radius 2 is 1.79 bits per heavy atom. The summed E-state index contributed by atoms with van der Waals surface area (Å²) in [5.74, 6) is -2.75. The lowest BCUT2D eigenvalue weighted by Crippen LogP contribution is -2.40. The summed E-state index contributed by atoms with van der Waals surface area (Å²) in [6.07, 6.45) is -0.213. The first-order valence-corrected chi connectivity index (χ1v) is 4.21. The van der Waals surface area contributed by atoms with E-state index in [1.54, 1.807) is 6.92 Å². The molecule has 0 aromatic carbocycles. The molecule has 0 bridgehead atoms. The highest BCUT2D eigenvalue weighted by Crippen LogP contribution is 1.94. The summed E-state index contributed by atoms with van der Waals surface area (Å²) in [6.45, 7) is 1.62. The Morgan fingerprint density at radius 3 is 2.14 bits per heavy atom. The van der Waals surface area contributed by atoms with Crippen LogP contribution in [0, 0.1) is 0 Å². The molecule has 80 valence electrons. The average molecular weight is 203 g/mol. The van der Waals surface area contributed by atoms with Crippen LogP contribution in [0.25, 0.3) is 0 Å². The maximum absolute atomic E-state index is 11.0. The third-order valence-corrected chi connectivity index (χ3v) is 1.61. The topological polar surface area (TPSA) is 104 Å². The second-order valence-electron chi connectivity index (χ2n) is 2.76. The normalized spacial score (nSPS) is 11.8. The first kappa shape index (κ1) is 12.4. The Morgan fingerprint density at radius 1 is 1.21 bits per heavy atom. The highest BCUT2D eigenvalue weighted by atomic mass is 16.4. The predicted molar refractivity (Wildman–Crippen MR) is 46.7 cm³/mol. The lowest BCUT2D eigenvalue weighted by molar-refractivity contribution is -0.142. The molecule has 14 heavy (non-hydrogen) atoms. The summed E-state index contributed by atoms with van der Waals surface area (Å²) >= 11 is 0. The highest BCUT2D eigenvalue weighted by Gasteiger charge is 2.17. The second kappa shape index (κ2) is 5.95. The standard InChI is InChI=1S/C8H13NO5/c1-2-5(8(13)14)9-6(10)3-4-7(11)12/h5H,2-4H2,1H3,(H,9,10)(H,11,12)(H,13,14). The van der Waals surface area contributed by atoms with Crippen LogP contribution in [0.5, 0.6) is 0 Å². The van der Waals surface area contributed by atoms with Crippen molar-refractivity contribution >= 4 is 17.8 Å². The largest absolute Gasteiger partial charge is 0.481 e. The summed E-state index contributed by atoms with van der Waals surface area (Å²) in [6, 6.07) is -0.934. The van der Waals surface area contributed by atoms with Crippen molar-refractivity contribution in [2.24, 2.45) is 0 Å². The number of hydrogen-bond donors (Lipinski definition) is 3. The molecule has 0 fully saturated rings. The van der Waals surface area contributed by atoms with Crippen molar-refractivity contribution in [2.75, 3.05) is 0 Å². The van der Waals surface area contributed by atoms with Crippen LogP contribution in [-0.2, 0) is 14.4 Å². The van der Waals surface area contributed by atoms with Crippen LogP contribution >= 0.6 is 0 Å². The Bertz CT molecular complexity index is 238. The molecule has 1 amide bonds. The maximum Gasteiger partial charge on any atom is 0.326 e. The molecule has 0 spiro atoms. The zero-order valence-electron chi connectivity index (χ0n) is 7.82. The van der Waals surface area contributed by atoms with Gasteiger partial charge in [0.05, 0.1) is 6.42 Å². The molecule has 0 aliphatic carbocycles. The molecule has 0 aromatic rings. The van der Waals surface area contributed by atoms with E-state index >= 15 is 0 Å². The van der Waals surface area contributed by atoms with Gasteiger partial charge in [0.15, 0.2) is 0 Å². The molecule has 1 unspecified atom stereocenters. The first-order valence-electron chi connectivity index (χ1n) is 4.21. The van der Waals surface area contributed by atoms with Gasteiger partial charge in [-0.2, -0.15) is 0 Å². The number of rotatable bonds is 6. The third kappa shape index (κ3) is 5.13. The van der Waals surface area contributed by atoms with E-state index in [2.05, 4.69) is 5.32 Å². The Hall–Kier alpha value is -1.59. The Balaban J connectivity index is 3.91. The fourth-order valence-corrected chi connectivity index (χ4v) is 0.825. The molecule has 0 aliphatic rings. The molecule has 0 heterocycles. The number of carbonyl (C=O) groups excluding carboxylic acids is 1. The van der Waals surface area contributed by atoms with Crippen LogP contribution in [0.4, 0.5) is 0 Å². The number of hydrogen-bond acceptors (Lipinski definition) is 3. The Labute approximate surface area is 80.9 Å². The van der Waals surface area contributed by atoms with Crippen molar-refractivity contribution < 1.29 is 24.6 Å². The van der Waals surface area contributed by atoms with Gasteiger partial charge in [-0.1, -0.05) is 6.92 Å². The maximum atomic E-state index is 11.0. The average Bonchev–Trinajstić information content (AvgIpc) is 2.10. The summed E-state index contributed by atoms with van der Waals surface area (Å²) in [4.78, 5) is 31.6. The van der Waals surface area contributed by atoms with E-state index in [-0.39, 0.29) is 19.3 Å². The van der Waals surface area contributed by atoms with Gasteiger partial charge < -0.3 is 15.5 Å². The molecule has 1 atom stereocenters. The van der Waals surface area contributed by atoms with Crippen LogP contribution in [0.1, 0.15) is 26.2 Å². The fraction of sp³-hybridized carbons (Fsp3) is 0.625. The number of nitrogens with one attached hydrogen (secondary N) is 1. The van der Waals surface area contributed by atoms with Gasteiger partial charge in [0.2, 0.25) is 5.91 Å². The predicted octanol–water partition coefficient (Wildman–Crippen LogP) is -0.169. The Kier molecular flexibility index (Phi) is 5.28. The van der Waals surface area contributed by atoms with E-state index < -0.39 is 23.9 Å². The summed E-state index contributed by atoms with van der Waals surface area (Å²) in [5.41, 5.74) is 0. The van der Waals surface area contributed by atoms with E-state index in [0.717, 1.165) is 0 Å². The molecule has 0 saturated carbocycles. The molecule has 0 saturated heterocycles. The van der Waals surface area contributed by atoms with E-state index in [1.807, 2.05) is 0 Å². The second-order valence-corrected chi connectivity index (χ2v) is 2.76. The van der Waals surface area contributed by atoms with Gasteiger partial charge in [-0.15, -0.1) is 0 Å². The van der Waals surface area contributed by atoms with Gasteiger partial charge in [0.25, 0.3) is 0 Å². The fourth-order valence-electron chi connectivity index (χ4n) is 0.825. The molecule has 3 N–H and O–H groups in total. The van der Waals surface area contributed by atoms with Crippen LogP contribution in [0.2, 0.25) is 0 Å². The minimum Gasteiger partial charge on any atom is -0.481 e. The number of amides is 1. The summed E-state index contributed by atoms with van der Waals surface area (Å²) in [7, 11) is 0. The SMILES string of the molecule is CCC(NC(=O)CCC(=O)O)C(=O)O.